The van der Waals surface area contributed by atoms with Crippen LogP contribution >= 0.6 is 12.4 Å². The molecule has 2 N–H and O–H groups in total. The van der Waals surface area contributed by atoms with Gasteiger partial charge in [0.1, 0.15) is 5.82 Å². The van der Waals surface area contributed by atoms with Crippen LogP contribution in [0.4, 0.5) is 4.39 Å². The van der Waals surface area contributed by atoms with Crippen molar-refractivity contribution in [1.82, 2.24) is 10.1 Å². The van der Waals surface area contributed by atoms with Gasteiger partial charge in [-0.25, -0.2) is 4.39 Å². The highest BCUT2D eigenvalue weighted by Gasteiger charge is 2.44. The van der Waals surface area contributed by atoms with Gasteiger partial charge in [-0.2, -0.15) is 4.98 Å². The zero-order valence-electron chi connectivity index (χ0n) is 14.0. The fourth-order valence-electron chi connectivity index (χ4n) is 3.96. The van der Waals surface area contributed by atoms with Crippen LogP contribution in [0.25, 0.3) is 0 Å². The van der Waals surface area contributed by atoms with Crippen molar-refractivity contribution in [2.45, 2.75) is 49.5 Å². The Hall–Kier alpha value is -1.50. The van der Waals surface area contributed by atoms with Gasteiger partial charge in [-0.1, -0.05) is 30.1 Å². The van der Waals surface area contributed by atoms with Crippen molar-refractivity contribution < 1.29 is 13.7 Å². The molecular formula is C18H23ClFN3O2. The topological polar surface area (TPSA) is 74.2 Å². The molecule has 1 saturated heterocycles. The quantitative estimate of drug-likeness (QED) is 0.899. The monoisotopic (exact) mass is 367 g/mol. The van der Waals surface area contributed by atoms with E-state index < -0.39 is 11.0 Å². The summed E-state index contributed by atoms with van der Waals surface area (Å²) < 4.78 is 24.6. The minimum atomic E-state index is -0.475. The lowest BCUT2D eigenvalue weighted by molar-refractivity contribution is 0.0523. The Morgan fingerprint density at radius 3 is 2.28 bits per heavy atom. The third-order valence-corrected chi connectivity index (χ3v) is 5.52. The van der Waals surface area contributed by atoms with Gasteiger partial charge in [0.05, 0.1) is 11.0 Å². The molecule has 0 bridgehead atoms. The second-order valence-electron chi connectivity index (χ2n) is 6.99. The average Bonchev–Trinajstić information content (AvgIpc) is 3.26. The van der Waals surface area contributed by atoms with Crippen molar-refractivity contribution in [2.75, 3.05) is 13.2 Å². The van der Waals surface area contributed by atoms with Crippen molar-refractivity contribution in [3.8, 4) is 0 Å². The van der Waals surface area contributed by atoms with Gasteiger partial charge in [-0.3, -0.25) is 0 Å². The molecule has 1 saturated carbocycles. The van der Waals surface area contributed by atoms with Gasteiger partial charge in [0.25, 0.3) is 0 Å². The summed E-state index contributed by atoms with van der Waals surface area (Å²) >= 11 is 0. The molecule has 1 aliphatic heterocycles. The highest BCUT2D eigenvalue weighted by Crippen LogP contribution is 2.42. The predicted octanol–water partition coefficient (Wildman–Crippen LogP) is 3.46. The van der Waals surface area contributed by atoms with Crippen LogP contribution in [0.15, 0.2) is 28.8 Å². The van der Waals surface area contributed by atoms with Gasteiger partial charge < -0.3 is 15.0 Å². The summed E-state index contributed by atoms with van der Waals surface area (Å²) in [5.74, 6) is 0.922. The van der Waals surface area contributed by atoms with E-state index in [2.05, 4.69) is 5.16 Å². The first kappa shape index (κ1) is 18.3. The molecule has 1 aliphatic carbocycles. The smallest absolute Gasteiger partial charge is 0.237 e. The lowest BCUT2D eigenvalue weighted by Crippen LogP contribution is -2.37. The van der Waals surface area contributed by atoms with E-state index in [0.29, 0.717) is 24.9 Å². The van der Waals surface area contributed by atoms with E-state index >= 15 is 0 Å². The third-order valence-electron chi connectivity index (χ3n) is 5.52. The predicted molar refractivity (Wildman–Crippen MR) is 93.1 cm³/mol. The molecule has 1 aromatic carbocycles. The van der Waals surface area contributed by atoms with Crippen molar-refractivity contribution in [1.29, 1.82) is 0 Å². The molecule has 1 aromatic heterocycles. The highest BCUT2D eigenvalue weighted by molar-refractivity contribution is 5.85. The maximum absolute atomic E-state index is 13.3. The number of hydrogen-bond donors (Lipinski definition) is 1. The SMILES string of the molecule is Cl.NC1(c2noc(C3(c4ccc(F)cc4)CCOCC3)n2)CCCC1. The van der Waals surface area contributed by atoms with Crippen LogP contribution < -0.4 is 5.73 Å². The third kappa shape index (κ3) is 3.18. The fraction of sp³-hybridized carbons (Fsp3) is 0.556. The molecule has 25 heavy (non-hydrogen) atoms. The molecular weight excluding hydrogens is 345 g/mol. The Morgan fingerprint density at radius 1 is 1.00 bits per heavy atom. The molecule has 2 fully saturated rings. The molecule has 2 heterocycles. The standard InChI is InChI=1S/C18H22FN3O2.ClH/c19-14-5-3-13(4-6-14)17(9-11-23-12-10-17)16-21-15(22-24-16)18(20)7-1-2-8-18;/h3-6H,1-2,7-12,20H2;1H. The van der Waals surface area contributed by atoms with Gasteiger partial charge in [0.15, 0.2) is 5.82 Å². The number of nitrogens with two attached hydrogens (primary N) is 1. The Kier molecular flexibility index (Phi) is 5.14. The lowest BCUT2D eigenvalue weighted by Gasteiger charge is -2.34. The van der Waals surface area contributed by atoms with Crippen LogP contribution in [-0.2, 0) is 15.7 Å². The Balaban J connectivity index is 0.00000182. The number of ether oxygens (including phenoxy) is 1. The summed E-state index contributed by atoms with van der Waals surface area (Å²) in [5, 5.41) is 4.21. The lowest BCUT2D eigenvalue weighted by atomic mass is 9.74. The van der Waals surface area contributed by atoms with E-state index in [1.54, 1.807) is 12.1 Å². The van der Waals surface area contributed by atoms with E-state index in [0.717, 1.165) is 44.1 Å². The Labute approximate surface area is 152 Å². The highest BCUT2D eigenvalue weighted by atomic mass is 35.5. The minimum Gasteiger partial charge on any atom is -0.381 e. The maximum atomic E-state index is 13.3. The van der Waals surface area contributed by atoms with E-state index in [4.69, 9.17) is 20.0 Å². The fourth-order valence-corrected chi connectivity index (χ4v) is 3.96. The van der Waals surface area contributed by atoms with Crippen molar-refractivity contribution in [3.63, 3.8) is 0 Å². The van der Waals surface area contributed by atoms with Gasteiger partial charge in [0, 0.05) is 13.2 Å². The van der Waals surface area contributed by atoms with Crippen LogP contribution in [0.2, 0.25) is 0 Å². The zero-order chi connectivity index (χ0) is 16.6. The number of aromatic nitrogens is 2. The van der Waals surface area contributed by atoms with E-state index in [-0.39, 0.29) is 18.2 Å². The van der Waals surface area contributed by atoms with Gasteiger partial charge in [0.2, 0.25) is 5.89 Å². The second-order valence-corrected chi connectivity index (χ2v) is 6.99. The first-order valence-corrected chi connectivity index (χ1v) is 8.60. The summed E-state index contributed by atoms with van der Waals surface area (Å²) in [6.07, 6.45) is 5.43. The summed E-state index contributed by atoms with van der Waals surface area (Å²) in [6, 6.07) is 6.56. The first-order chi connectivity index (χ1) is 11.6. The van der Waals surface area contributed by atoms with Crippen molar-refractivity contribution >= 4 is 12.4 Å². The molecule has 0 radical (unpaired) electrons. The summed E-state index contributed by atoms with van der Waals surface area (Å²) in [6.45, 7) is 1.23. The van der Waals surface area contributed by atoms with Crippen LogP contribution in [0.3, 0.4) is 0 Å². The molecule has 136 valence electrons. The van der Waals surface area contributed by atoms with E-state index in [1.807, 2.05) is 0 Å². The summed E-state index contributed by atoms with van der Waals surface area (Å²) in [7, 11) is 0. The minimum absolute atomic E-state index is 0. The normalized spacial score (nSPS) is 21.7. The first-order valence-electron chi connectivity index (χ1n) is 8.60. The van der Waals surface area contributed by atoms with Crippen LogP contribution in [0, 0.1) is 5.82 Å². The number of hydrogen-bond acceptors (Lipinski definition) is 5. The van der Waals surface area contributed by atoms with E-state index in [1.165, 1.54) is 12.1 Å². The number of benzene rings is 1. The Bertz CT molecular complexity index is 707. The largest absolute Gasteiger partial charge is 0.381 e. The molecule has 4 rings (SSSR count). The molecule has 7 heteroatoms. The Morgan fingerprint density at radius 2 is 1.64 bits per heavy atom. The van der Waals surface area contributed by atoms with Gasteiger partial charge >= 0.3 is 0 Å². The average molecular weight is 368 g/mol. The molecule has 0 atom stereocenters. The molecule has 0 unspecified atom stereocenters. The van der Waals surface area contributed by atoms with Gasteiger partial charge in [-0.05, 0) is 43.4 Å². The molecule has 2 aromatic rings. The van der Waals surface area contributed by atoms with Crippen LogP contribution in [0.1, 0.15) is 55.8 Å². The number of nitrogens with zero attached hydrogens (tertiary/aromatic N) is 2. The summed E-state index contributed by atoms with van der Waals surface area (Å²) in [5.41, 5.74) is 6.55. The van der Waals surface area contributed by atoms with Crippen molar-refractivity contribution in [2.24, 2.45) is 5.73 Å². The molecule has 0 spiro atoms. The number of halogens is 2. The van der Waals surface area contributed by atoms with Crippen LogP contribution in [0.5, 0.6) is 0 Å². The van der Waals surface area contributed by atoms with E-state index in [9.17, 15) is 4.39 Å². The maximum Gasteiger partial charge on any atom is 0.237 e. The van der Waals surface area contributed by atoms with Crippen molar-refractivity contribution in [3.05, 3.63) is 47.4 Å². The number of rotatable bonds is 3. The molecule has 5 nitrogen and oxygen atoms in total. The summed E-state index contributed by atoms with van der Waals surface area (Å²) in [4.78, 5) is 4.71. The zero-order valence-corrected chi connectivity index (χ0v) is 14.9. The molecule has 2 aliphatic rings. The molecule has 0 amide bonds. The van der Waals surface area contributed by atoms with Gasteiger partial charge in [-0.15, -0.1) is 12.4 Å². The second kappa shape index (κ2) is 7.02. The van der Waals surface area contributed by atoms with Crippen LogP contribution in [-0.4, -0.2) is 23.4 Å².